The molecule has 4 amide bonds. The van der Waals surface area contributed by atoms with E-state index in [9.17, 15) is 35.1 Å². The fourth-order valence-corrected chi connectivity index (χ4v) is 10.0. The number of amides is 4. The number of benzene rings is 2. The van der Waals surface area contributed by atoms with Crippen LogP contribution in [-0.2, 0) is 9.47 Å². The van der Waals surface area contributed by atoms with Gasteiger partial charge in [0.05, 0.1) is 25.9 Å². The Kier molecular flexibility index (Phi) is 20.7. The highest BCUT2D eigenvalue weighted by molar-refractivity contribution is 14.1. The van der Waals surface area contributed by atoms with Crippen molar-refractivity contribution in [2.45, 2.75) is 95.0 Å². The fourth-order valence-electron chi connectivity index (χ4n) is 9.16. The van der Waals surface area contributed by atoms with Crippen LogP contribution in [0.4, 0.5) is 32.6 Å². The zero-order chi connectivity index (χ0) is 54.9. The van der Waals surface area contributed by atoms with Crippen LogP contribution in [0.25, 0.3) is 22.3 Å². The molecule has 24 nitrogen and oxygen atoms in total. The number of aliphatic hydroxyl groups excluding tert-OH is 6. The Hall–Kier alpha value is -6.21. The van der Waals surface area contributed by atoms with Crippen molar-refractivity contribution in [2.75, 3.05) is 61.5 Å². The van der Waals surface area contributed by atoms with Crippen molar-refractivity contribution >= 4 is 103 Å². The highest BCUT2D eigenvalue weighted by Gasteiger charge is 2.45. The van der Waals surface area contributed by atoms with E-state index >= 15 is 0 Å². The molecule has 0 aliphatic carbocycles. The second-order valence-corrected chi connectivity index (χ2v) is 20.4. The third kappa shape index (κ3) is 14.1. The number of nitrogens with two attached hydrogens (primary N) is 2. The summed E-state index contributed by atoms with van der Waals surface area (Å²) in [7, 11) is 0. The predicted molar refractivity (Wildman–Crippen MR) is 299 cm³/mol. The lowest BCUT2D eigenvalue weighted by molar-refractivity contribution is -0.0511. The number of terminal acetylenes is 1. The summed E-state index contributed by atoms with van der Waals surface area (Å²) in [5, 5.41) is 65.7. The Morgan fingerprint density at radius 2 is 1.14 bits per heavy atom. The number of likely N-dealkylation sites (tertiary alicyclic amines) is 2. The molecule has 4 aliphatic heterocycles. The van der Waals surface area contributed by atoms with Crippen LogP contribution in [0.3, 0.4) is 0 Å². The van der Waals surface area contributed by atoms with Crippen molar-refractivity contribution in [1.29, 1.82) is 0 Å². The topological polar surface area (TPSA) is 344 Å². The summed E-state index contributed by atoms with van der Waals surface area (Å²) in [4.78, 5) is 53.4. The Bertz CT molecular complexity index is 3140. The van der Waals surface area contributed by atoms with Crippen LogP contribution in [0, 0.1) is 39.9 Å². The monoisotopic (exact) mass is 1230 g/mol. The number of fused-ring (bicyclic) bond motifs is 2. The number of ether oxygens (including phenoxy) is 2. The highest BCUT2D eigenvalue weighted by atomic mass is 127. The molecule has 416 valence electrons. The van der Waals surface area contributed by atoms with Crippen LogP contribution in [-0.4, -0.2) is 168 Å². The lowest BCUT2D eigenvalue weighted by atomic mass is 9.94. The number of carbonyl (C=O) groups is 2. The molecular formula is C51H61Cl2IN14O10. The maximum atomic E-state index is 12.6. The molecule has 2 unspecified atom stereocenters. The number of rotatable bonds is 8. The van der Waals surface area contributed by atoms with E-state index in [1.54, 1.807) is 41.3 Å². The number of urea groups is 2. The second kappa shape index (κ2) is 27.1. The number of anilines is 4. The number of hydrogen-bond donors (Lipinski definition) is 10. The molecule has 6 aromatic rings. The van der Waals surface area contributed by atoms with Crippen molar-refractivity contribution in [2.24, 2.45) is 11.8 Å². The van der Waals surface area contributed by atoms with Crippen LogP contribution in [0.15, 0.2) is 61.2 Å². The molecule has 0 saturated carbocycles. The summed E-state index contributed by atoms with van der Waals surface area (Å²) in [6, 6.07) is 14.0. The van der Waals surface area contributed by atoms with Crippen molar-refractivity contribution < 1.29 is 49.7 Å². The minimum absolute atomic E-state index is 0. The van der Waals surface area contributed by atoms with Gasteiger partial charge in [0, 0.05) is 83.0 Å². The quantitative estimate of drug-likeness (QED) is 0.0579. The first-order valence-corrected chi connectivity index (χ1v) is 26.3. The van der Waals surface area contributed by atoms with E-state index in [1.807, 2.05) is 39.6 Å². The highest BCUT2D eigenvalue weighted by Crippen LogP contribution is 2.34. The zero-order valence-corrected chi connectivity index (χ0v) is 44.9. The molecule has 4 aliphatic rings. The molecule has 8 heterocycles. The maximum Gasteiger partial charge on any atom is 0.321 e. The Balaban J connectivity index is 0.000000186. The van der Waals surface area contributed by atoms with E-state index < -0.39 is 62.3 Å². The molecular weight excluding hydrogens is 1170 g/mol. The lowest BCUT2D eigenvalue weighted by Crippen LogP contribution is -2.41. The van der Waals surface area contributed by atoms with Crippen LogP contribution in [0.1, 0.15) is 64.2 Å². The summed E-state index contributed by atoms with van der Waals surface area (Å²) in [5.74, 6) is 10.2. The van der Waals surface area contributed by atoms with Gasteiger partial charge in [0.25, 0.3) is 0 Å². The standard InChI is InChI=1S/C25H28ClN7O5.C15H17ClN2O.C10H12IN5O4.CH4/c26-15-4-2-5-16(11-15)29-25(37)32-9-7-14(8-10-32)3-1-6-18-30-22(27)19-23(31-18)33(13-28-19)24-21(36)20(35)17(12-34)38-24;1-2-4-12-7-9-18(10-8-12)15(19)17-14-6-3-5-13(16)11-14;11-10-14-7(12)4-8(15-10)16(2-13-4)9-6(19)5(18)3(1-17)20-9;/h2,4-5,11,13-14,17,20-21,24,34-36H,3,7-10,12H2,(H,29,37)(H2,27,30,31);1,3,5-6,11-12H,4,7-10H2,(H,17,19);2-3,5-6,9,17-19H,1H2,(H2,12,14,15);1H4/t17-,20?,21+,24-;;3-,5?,6+,9-;/m1.1./s1. The van der Waals surface area contributed by atoms with E-state index in [0.29, 0.717) is 73.2 Å². The number of carbonyl (C=O) groups excluding carboxylic acids is 2. The number of nitrogens with zero attached hydrogens (tertiary/aromatic N) is 10. The molecule has 0 spiro atoms. The molecule has 78 heavy (non-hydrogen) atoms. The molecule has 27 heteroatoms. The average molecular weight is 1230 g/mol. The van der Waals surface area contributed by atoms with E-state index in [4.69, 9.17) is 55.7 Å². The van der Waals surface area contributed by atoms with Gasteiger partial charge in [-0.3, -0.25) is 9.13 Å². The molecule has 8 atom stereocenters. The number of aromatic nitrogens is 8. The number of hydrogen-bond acceptors (Lipinski definition) is 18. The van der Waals surface area contributed by atoms with Gasteiger partial charge in [-0.05, 0) is 79.8 Å². The predicted octanol–water partition coefficient (Wildman–Crippen LogP) is 4.23. The molecule has 4 saturated heterocycles. The van der Waals surface area contributed by atoms with Gasteiger partial charge in [0.15, 0.2) is 39.2 Å². The number of halogens is 3. The van der Waals surface area contributed by atoms with Crippen molar-refractivity contribution in [3.8, 4) is 24.2 Å². The van der Waals surface area contributed by atoms with Gasteiger partial charge in [0.2, 0.25) is 5.82 Å². The Morgan fingerprint density at radius 3 is 1.58 bits per heavy atom. The Morgan fingerprint density at radius 1 is 0.692 bits per heavy atom. The minimum atomic E-state index is -1.28. The van der Waals surface area contributed by atoms with Crippen LogP contribution < -0.4 is 22.1 Å². The molecule has 10 rings (SSSR count). The van der Waals surface area contributed by atoms with Crippen molar-refractivity contribution in [3.63, 3.8) is 0 Å². The summed E-state index contributed by atoms with van der Waals surface area (Å²) < 4.78 is 14.4. The van der Waals surface area contributed by atoms with Gasteiger partial charge in [0.1, 0.15) is 47.7 Å². The van der Waals surface area contributed by atoms with Gasteiger partial charge in [-0.15, -0.1) is 12.3 Å². The molecule has 0 bridgehead atoms. The number of nitrogen functional groups attached to an aromatic ring is 2. The summed E-state index contributed by atoms with van der Waals surface area (Å²) in [5.41, 5.74) is 14.6. The summed E-state index contributed by atoms with van der Waals surface area (Å²) in [6.07, 6.45) is 4.54. The van der Waals surface area contributed by atoms with Crippen LogP contribution >= 0.6 is 45.8 Å². The maximum absolute atomic E-state index is 12.6. The molecule has 12 N–H and O–H groups in total. The first-order valence-electron chi connectivity index (χ1n) is 24.5. The molecule has 0 radical (unpaired) electrons. The van der Waals surface area contributed by atoms with Gasteiger partial charge in [-0.1, -0.05) is 48.7 Å². The SMILES string of the molecule is C.C#CCC1CCN(C(=O)Nc2cccc(Cl)c2)CC1.Nc1nc(C#CCC2CCN(C(=O)Nc3cccc(Cl)c3)CC2)nc2c1ncn2[C@@H]1O[C@H](CO)C(O)[C@@H]1O.Nc1nc(I)nc2c1ncn2[C@@H]1O[C@H](CO)C(O)[C@@H]1O. The van der Waals surface area contributed by atoms with Gasteiger partial charge in [-0.25, -0.2) is 39.5 Å². The third-order valence-corrected chi connectivity index (χ3v) is 14.4. The number of nitrogens with one attached hydrogen (secondary N) is 2. The lowest BCUT2D eigenvalue weighted by Gasteiger charge is -2.31. The van der Waals surface area contributed by atoms with Crippen LogP contribution in [0.5, 0.6) is 0 Å². The van der Waals surface area contributed by atoms with Gasteiger partial charge in [-0.2, -0.15) is 0 Å². The summed E-state index contributed by atoms with van der Waals surface area (Å²) in [6.45, 7) is 1.93. The van der Waals surface area contributed by atoms with Crippen molar-refractivity contribution in [3.05, 3.63) is 80.9 Å². The third-order valence-electron chi connectivity index (χ3n) is 13.4. The molecule has 4 fully saturated rings. The second-order valence-electron chi connectivity index (χ2n) is 18.6. The molecule has 2 aromatic carbocycles. The number of aliphatic hydroxyl groups is 6. The van der Waals surface area contributed by atoms with E-state index in [1.165, 1.54) is 21.8 Å². The van der Waals surface area contributed by atoms with E-state index in [0.717, 1.165) is 50.9 Å². The number of imidazole rings is 2. The van der Waals surface area contributed by atoms with Gasteiger partial charge < -0.3 is 72.0 Å². The smallest absolute Gasteiger partial charge is 0.321 e. The van der Waals surface area contributed by atoms with Crippen molar-refractivity contribution in [1.82, 2.24) is 48.8 Å². The first-order chi connectivity index (χ1) is 37.0. The molecule has 4 aromatic heterocycles. The zero-order valence-electron chi connectivity index (χ0n) is 41.2. The normalized spacial score (nSPS) is 23.2. The largest absolute Gasteiger partial charge is 0.394 e. The fraction of sp³-hybridized carbons (Fsp3) is 0.451. The number of piperidine rings is 2. The first kappa shape index (κ1) is 59.5. The summed E-state index contributed by atoms with van der Waals surface area (Å²) >= 11 is 13.8. The Labute approximate surface area is 472 Å². The average Bonchev–Trinajstić information content (AvgIpc) is 4.29. The van der Waals surface area contributed by atoms with Gasteiger partial charge >= 0.3 is 12.1 Å². The van der Waals surface area contributed by atoms with E-state index in [-0.39, 0.29) is 36.9 Å². The minimum Gasteiger partial charge on any atom is -0.394 e. The van der Waals surface area contributed by atoms with Crippen LogP contribution in [0.2, 0.25) is 10.0 Å². The van der Waals surface area contributed by atoms with E-state index in [2.05, 4.69) is 58.3 Å².